The molecule has 0 N–H and O–H groups in total. The predicted octanol–water partition coefficient (Wildman–Crippen LogP) is 4.95. The molecule has 1 aromatic heterocycles. The Morgan fingerprint density at radius 1 is 0.867 bits per heavy atom. The summed E-state index contributed by atoms with van der Waals surface area (Å²) in [6.45, 7) is 15.0. The molecule has 0 aliphatic rings. The Hall–Kier alpha value is 0.660. The molecule has 0 fully saturated rings. The fourth-order valence-electron chi connectivity index (χ4n) is 3.21. The number of nitrogens with zero attached hydrogens (tertiary/aromatic N) is 1. The molecule has 1 aromatic rings. The van der Waals surface area contributed by atoms with Crippen molar-refractivity contribution in [2.75, 3.05) is 26.2 Å². The van der Waals surface area contributed by atoms with Crippen LogP contribution < -0.4 is 24.0 Å². The van der Waals surface area contributed by atoms with Crippen LogP contribution in [0.1, 0.15) is 83.9 Å². The van der Waals surface area contributed by atoms with Crippen molar-refractivity contribution in [3.8, 4) is 0 Å². The number of unbranched alkanes of at least 4 members (excludes halogenated alkanes) is 4. The van der Waals surface area contributed by atoms with Crippen molar-refractivity contribution < 1.29 is 36.9 Å². The van der Waals surface area contributed by atoms with Crippen molar-refractivity contribution in [1.29, 1.82) is 0 Å². The SMILES string of the molecule is CCCC[N+](CCCC)(CCCC)CCCC.O=S(=O)(Cl)C=Cc1ccc(Cl)s1.[I-]. The Labute approximate surface area is 216 Å². The quantitative estimate of drug-likeness (QED) is 0.169. The lowest BCUT2D eigenvalue weighted by molar-refractivity contribution is -0.929. The van der Waals surface area contributed by atoms with E-state index in [-0.39, 0.29) is 24.0 Å². The molecule has 8 heteroatoms. The number of rotatable bonds is 14. The molecule has 0 saturated carbocycles. The van der Waals surface area contributed by atoms with E-state index in [2.05, 4.69) is 27.7 Å². The van der Waals surface area contributed by atoms with Gasteiger partial charge in [-0.05, 0) is 43.9 Å². The van der Waals surface area contributed by atoms with E-state index < -0.39 is 9.05 Å². The molecular weight excluding hydrogens is 572 g/mol. The topological polar surface area (TPSA) is 34.1 Å². The fraction of sp³-hybridized carbons (Fsp3) is 0.727. The zero-order valence-electron chi connectivity index (χ0n) is 19.0. The van der Waals surface area contributed by atoms with Gasteiger partial charge in [0.15, 0.2) is 0 Å². The Balaban J connectivity index is 0. The highest BCUT2D eigenvalue weighted by Gasteiger charge is 2.24. The number of thiophene rings is 1. The third-order valence-corrected chi connectivity index (χ3v) is 6.90. The number of halogens is 3. The van der Waals surface area contributed by atoms with Crippen LogP contribution in [0.3, 0.4) is 0 Å². The summed E-state index contributed by atoms with van der Waals surface area (Å²) < 4.78 is 23.0. The molecule has 1 rings (SSSR count). The summed E-state index contributed by atoms with van der Waals surface area (Å²) in [6.07, 6.45) is 12.5. The Bertz CT molecular complexity index is 626. The molecule has 0 unspecified atom stereocenters. The van der Waals surface area contributed by atoms with Crippen LogP contribution in [-0.2, 0) is 9.05 Å². The number of quaternary nitrogens is 1. The maximum absolute atomic E-state index is 10.5. The number of hydrogen-bond acceptors (Lipinski definition) is 3. The average molecular weight is 613 g/mol. The maximum atomic E-state index is 10.5. The van der Waals surface area contributed by atoms with E-state index in [0.29, 0.717) is 4.34 Å². The molecule has 0 aliphatic carbocycles. The molecular formula is C22H40Cl2INO2S2. The summed E-state index contributed by atoms with van der Waals surface area (Å²) in [4.78, 5) is 0.754. The van der Waals surface area contributed by atoms with Gasteiger partial charge in [-0.3, -0.25) is 0 Å². The fourth-order valence-corrected chi connectivity index (χ4v) is 4.72. The Kier molecular flexibility index (Phi) is 21.0. The summed E-state index contributed by atoms with van der Waals surface area (Å²) in [7, 11) is 1.39. The van der Waals surface area contributed by atoms with Crippen LogP contribution in [0.2, 0.25) is 4.34 Å². The van der Waals surface area contributed by atoms with Crippen LogP contribution in [0, 0.1) is 0 Å². The molecule has 30 heavy (non-hydrogen) atoms. The van der Waals surface area contributed by atoms with Crippen LogP contribution in [0.4, 0.5) is 0 Å². The first kappa shape index (κ1) is 32.8. The average Bonchev–Trinajstić information content (AvgIpc) is 3.10. The molecule has 0 atom stereocenters. The first-order chi connectivity index (χ1) is 13.7. The van der Waals surface area contributed by atoms with E-state index in [1.807, 2.05) is 0 Å². The van der Waals surface area contributed by atoms with Crippen molar-refractivity contribution in [1.82, 2.24) is 0 Å². The molecule has 3 nitrogen and oxygen atoms in total. The van der Waals surface area contributed by atoms with Gasteiger partial charge in [0, 0.05) is 21.0 Å². The van der Waals surface area contributed by atoms with Crippen molar-refractivity contribution in [2.45, 2.75) is 79.1 Å². The summed E-state index contributed by atoms with van der Waals surface area (Å²) in [5.41, 5.74) is 0. The van der Waals surface area contributed by atoms with Gasteiger partial charge in [0.1, 0.15) is 0 Å². The largest absolute Gasteiger partial charge is 1.00 e. The summed E-state index contributed by atoms with van der Waals surface area (Å²) in [6, 6.07) is 3.40. The van der Waals surface area contributed by atoms with Gasteiger partial charge < -0.3 is 28.5 Å². The van der Waals surface area contributed by atoms with Crippen LogP contribution in [0.25, 0.3) is 6.08 Å². The lowest BCUT2D eigenvalue weighted by atomic mass is 10.1. The lowest BCUT2D eigenvalue weighted by Crippen LogP contribution is -3.00. The van der Waals surface area contributed by atoms with Crippen molar-refractivity contribution in [3.05, 3.63) is 26.8 Å². The third kappa shape index (κ3) is 17.2. The van der Waals surface area contributed by atoms with Gasteiger partial charge >= 0.3 is 0 Å². The standard InChI is InChI=1S/C16H36N.C6H4Cl2O2S2.HI/c1-5-9-13-17(14-10-6-2,15-11-7-3)16-12-8-4;7-6-2-1-5(11-6)3-4-12(8,9)10;/h5-16H2,1-4H3;1-4H;1H/q+1;;/p-1. The van der Waals surface area contributed by atoms with Gasteiger partial charge in [-0.2, -0.15) is 0 Å². The Morgan fingerprint density at radius 2 is 1.27 bits per heavy atom. The molecule has 0 aliphatic heterocycles. The van der Waals surface area contributed by atoms with Crippen molar-refractivity contribution in [3.63, 3.8) is 0 Å². The highest BCUT2D eigenvalue weighted by atomic mass is 127. The zero-order valence-corrected chi connectivity index (χ0v) is 24.3. The van der Waals surface area contributed by atoms with Crippen LogP contribution >= 0.6 is 33.6 Å². The minimum absolute atomic E-state index is 0. The molecule has 0 spiro atoms. The van der Waals surface area contributed by atoms with Gasteiger partial charge in [-0.25, -0.2) is 8.42 Å². The second kappa shape index (κ2) is 19.2. The highest BCUT2D eigenvalue weighted by Crippen LogP contribution is 2.23. The van der Waals surface area contributed by atoms with E-state index in [4.69, 9.17) is 22.3 Å². The summed E-state index contributed by atoms with van der Waals surface area (Å²) in [5.74, 6) is 0. The van der Waals surface area contributed by atoms with Gasteiger partial charge in [0.05, 0.1) is 30.5 Å². The first-order valence-corrected chi connectivity index (χ1v) is 14.5. The van der Waals surface area contributed by atoms with E-state index in [1.165, 1.54) is 99.4 Å². The minimum Gasteiger partial charge on any atom is -1.00 e. The van der Waals surface area contributed by atoms with Gasteiger partial charge in [0.25, 0.3) is 9.05 Å². The monoisotopic (exact) mass is 611 g/mol. The zero-order chi connectivity index (χ0) is 22.2. The molecule has 0 bridgehead atoms. The van der Waals surface area contributed by atoms with Gasteiger partial charge in [-0.15, -0.1) is 11.3 Å². The molecule has 178 valence electrons. The van der Waals surface area contributed by atoms with E-state index in [9.17, 15) is 8.42 Å². The molecule has 0 radical (unpaired) electrons. The highest BCUT2D eigenvalue weighted by molar-refractivity contribution is 8.16. The van der Waals surface area contributed by atoms with Crippen LogP contribution in [-0.4, -0.2) is 39.1 Å². The predicted molar refractivity (Wildman–Crippen MR) is 132 cm³/mol. The van der Waals surface area contributed by atoms with Crippen LogP contribution in [0.15, 0.2) is 17.5 Å². The minimum atomic E-state index is -3.56. The van der Waals surface area contributed by atoms with Crippen LogP contribution in [0.5, 0.6) is 0 Å². The smallest absolute Gasteiger partial charge is 0.254 e. The van der Waals surface area contributed by atoms with E-state index in [1.54, 1.807) is 12.1 Å². The second-order valence-electron chi connectivity index (χ2n) is 7.57. The third-order valence-electron chi connectivity index (χ3n) is 4.93. The molecule has 0 amide bonds. The van der Waals surface area contributed by atoms with Gasteiger partial charge in [-0.1, -0.05) is 65.0 Å². The second-order valence-corrected chi connectivity index (χ2v) is 11.8. The summed E-state index contributed by atoms with van der Waals surface area (Å²) in [5, 5.41) is 0.927. The lowest BCUT2D eigenvalue weighted by Gasteiger charge is -2.39. The normalized spacial score (nSPS) is 11.8. The molecule has 1 heterocycles. The van der Waals surface area contributed by atoms with Crippen molar-refractivity contribution >= 4 is 48.7 Å². The molecule has 0 aromatic carbocycles. The van der Waals surface area contributed by atoms with Crippen molar-refractivity contribution in [2.24, 2.45) is 0 Å². The number of hydrogen-bond donors (Lipinski definition) is 0. The first-order valence-electron chi connectivity index (χ1n) is 10.9. The molecule has 0 saturated heterocycles. The maximum Gasteiger partial charge on any atom is 0.254 e. The Morgan fingerprint density at radius 3 is 1.53 bits per heavy atom. The van der Waals surface area contributed by atoms with E-state index in [0.717, 1.165) is 10.3 Å². The van der Waals surface area contributed by atoms with E-state index >= 15 is 0 Å². The van der Waals surface area contributed by atoms with Gasteiger partial charge in [0.2, 0.25) is 0 Å². The summed E-state index contributed by atoms with van der Waals surface area (Å²) >= 11 is 6.90.